The molecule has 2 aromatic heterocycles. The molecule has 0 aliphatic carbocycles. The van der Waals surface area contributed by atoms with Crippen LogP contribution in [0.4, 0.5) is 17.1 Å². The van der Waals surface area contributed by atoms with Crippen LogP contribution in [0, 0.1) is 16.0 Å². The summed E-state index contributed by atoms with van der Waals surface area (Å²) in [5.41, 5.74) is 4.64. The molecule has 2 aliphatic heterocycles. The number of aromatic nitrogens is 3. The van der Waals surface area contributed by atoms with Gasteiger partial charge in [0.15, 0.2) is 0 Å². The Bertz CT molecular complexity index is 2600. The quantitative estimate of drug-likeness (QED) is 0.0792. The van der Waals surface area contributed by atoms with Crippen LogP contribution in [-0.4, -0.2) is 84.9 Å². The maximum absolute atomic E-state index is 13.9. The van der Waals surface area contributed by atoms with Gasteiger partial charge >= 0.3 is 0 Å². The third-order valence-electron chi connectivity index (χ3n) is 10.9. The standard InChI is InChI=1S/C42H43ClN8O7S/c1-48-40(36(26-46-48)29-2-4-31(43)5-3-29)27-49-16-18-50(19-17-49)32-6-9-35(41(23-32)58-33-7-10-37-30(22-33)12-15-44-37)42(52)47-59(55,56)34-8-11-38(39(24-34)51(53)54)45-25-28-13-20-57-21-14-28/h2-12,15,22-24,26,28,44-45H,13-14,16-21,25,27H2,1H3,(H,47,52). The summed E-state index contributed by atoms with van der Waals surface area (Å²) in [5, 5.41) is 21.2. The van der Waals surface area contributed by atoms with Crippen molar-refractivity contribution in [3.63, 3.8) is 0 Å². The first-order valence-electron chi connectivity index (χ1n) is 19.3. The molecule has 8 rings (SSSR count). The number of anilines is 2. The van der Waals surface area contributed by atoms with E-state index in [1.54, 1.807) is 18.2 Å². The molecular formula is C42H43ClN8O7S. The third-order valence-corrected chi connectivity index (χ3v) is 12.5. The molecule has 306 valence electrons. The van der Waals surface area contributed by atoms with Crippen molar-refractivity contribution < 1.29 is 27.6 Å². The Labute approximate surface area is 346 Å². The highest BCUT2D eigenvalue weighted by molar-refractivity contribution is 7.90. The zero-order chi connectivity index (χ0) is 41.1. The molecule has 2 fully saturated rings. The number of nitro benzene ring substituents is 1. The van der Waals surface area contributed by atoms with Crippen LogP contribution >= 0.6 is 11.6 Å². The lowest BCUT2D eigenvalue weighted by Crippen LogP contribution is -2.46. The fraction of sp³-hybridized carbons (Fsp3) is 0.286. The molecule has 1 amide bonds. The number of amides is 1. The summed E-state index contributed by atoms with van der Waals surface area (Å²) in [7, 11) is -2.61. The number of sulfonamides is 1. The number of carbonyl (C=O) groups excluding carboxylic acids is 1. The SMILES string of the molecule is Cn1ncc(-c2ccc(Cl)cc2)c1CN1CCN(c2ccc(C(=O)NS(=O)(=O)c3ccc(NCC4CCOCC4)c([N+](=O)[O-])c3)c(Oc3ccc4[nH]ccc4c3)c2)CC1. The molecule has 4 aromatic carbocycles. The van der Waals surface area contributed by atoms with Crippen LogP contribution in [0.25, 0.3) is 22.0 Å². The van der Waals surface area contributed by atoms with E-state index < -0.39 is 31.4 Å². The molecule has 0 spiro atoms. The molecule has 6 aromatic rings. The molecule has 0 unspecified atom stereocenters. The van der Waals surface area contributed by atoms with Gasteiger partial charge in [0.25, 0.3) is 21.6 Å². The van der Waals surface area contributed by atoms with Gasteiger partial charge in [-0.25, -0.2) is 13.1 Å². The number of nitro groups is 1. The van der Waals surface area contributed by atoms with Crippen LogP contribution in [0.2, 0.25) is 5.02 Å². The van der Waals surface area contributed by atoms with Crippen molar-refractivity contribution in [3.05, 3.63) is 124 Å². The predicted molar refractivity (Wildman–Crippen MR) is 226 cm³/mol. The Morgan fingerprint density at radius 2 is 1.78 bits per heavy atom. The van der Waals surface area contributed by atoms with Crippen LogP contribution in [0.5, 0.6) is 11.5 Å². The van der Waals surface area contributed by atoms with Crippen molar-refractivity contribution in [3.8, 4) is 22.6 Å². The number of benzene rings is 4. The number of aryl methyl sites for hydroxylation is 1. The van der Waals surface area contributed by atoms with Gasteiger partial charge in [0.05, 0.1) is 27.3 Å². The smallest absolute Gasteiger partial charge is 0.293 e. The lowest BCUT2D eigenvalue weighted by molar-refractivity contribution is -0.384. The van der Waals surface area contributed by atoms with Crippen LogP contribution in [0.15, 0.2) is 102 Å². The van der Waals surface area contributed by atoms with Crippen molar-refractivity contribution in [2.24, 2.45) is 13.0 Å². The Kier molecular flexibility index (Phi) is 11.6. The molecule has 0 radical (unpaired) electrons. The van der Waals surface area contributed by atoms with Gasteiger partial charge in [-0.3, -0.25) is 24.5 Å². The van der Waals surface area contributed by atoms with Gasteiger partial charge in [0.2, 0.25) is 0 Å². The number of nitrogens with zero attached hydrogens (tertiary/aromatic N) is 5. The summed E-state index contributed by atoms with van der Waals surface area (Å²) < 4.78 is 43.0. The molecule has 0 atom stereocenters. The number of carbonyl (C=O) groups is 1. The molecule has 4 heterocycles. The van der Waals surface area contributed by atoms with Gasteiger partial charge in [-0.15, -0.1) is 0 Å². The molecule has 2 aliphatic rings. The second kappa shape index (κ2) is 17.1. The first kappa shape index (κ1) is 39.9. The summed E-state index contributed by atoms with van der Waals surface area (Å²) in [6.07, 6.45) is 5.33. The average Bonchev–Trinajstić information content (AvgIpc) is 3.86. The number of hydrogen-bond acceptors (Lipinski definition) is 11. The minimum Gasteiger partial charge on any atom is -0.456 e. The van der Waals surface area contributed by atoms with Gasteiger partial charge in [0.1, 0.15) is 17.2 Å². The number of aromatic amines is 1. The molecule has 0 saturated carbocycles. The van der Waals surface area contributed by atoms with Crippen LogP contribution in [0.1, 0.15) is 28.9 Å². The molecule has 15 nitrogen and oxygen atoms in total. The van der Waals surface area contributed by atoms with Crippen LogP contribution in [0.3, 0.4) is 0 Å². The highest BCUT2D eigenvalue weighted by Crippen LogP contribution is 2.34. The van der Waals surface area contributed by atoms with E-state index in [-0.39, 0.29) is 22.9 Å². The lowest BCUT2D eigenvalue weighted by atomic mass is 10.0. The first-order valence-corrected chi connectivity index (χ1v) is 21.2. The number of piperazine rings is 1. The van der Waals surface area contributed by atoms with Gasteiger partial charge in [-0.2, -0.15) is 5.10 Å². The van der Waals surface area contributed by atoms with Gasteiger partial charge in [-0.1, -0.05) is 23.7 Å². The average molecular weight is 839 g/mol. The number of halogens is 1. The van der Waals surface area contributed by atoms with E-state index in [2.05, 4.69) is 29.9 Å². The van der Waals surface area contributed by atoms with Crippen LogP contribution < -0.4 is 19.7 Å². The largest absolute Gasteiger partial charge is 0.456 e. The number of fused-ring (bicyclic) bond motifs is 1. The zero-order valence-electron chi connectivity index (χ0n) is 32.3. The van der Waals surface area contributed by atoms with E-state index >= 15 is 0 Å². The second-order valence-electron chi connectivity index (χ2n) is 14.7. The fourth-order valence-electron chi connectivity index (χ4n) is 7.52. The Balaban J connectivity index is 1.00. The number of hydrogen-bond donors (Lipinski definition) is 3. The maximum Gasteiger partial charge on any atom is 0.293 e. The highest BCUT2D eigenvalue weighted by Gasteiger charge is 2.27. The number of ether oxygens (including phenoxy) is 2. The topological polar surface area (TPSA) is 177 Å². The maximum atomic E-state index is 13.9. The van der Waals surface area contributed by atoms with Crippen molar-refractivity contribution >= 4 is 55.5 Å². The number of H-pyrrole nitrogens is 1. The minimum absolute atomic E-state index is 0.0275. The van der Waals surface area contributed by atoms with Crippen molar-refractivity contribution in [2.75, 3.05) is 56.2 Å². The van der Waals surface area contributed by atoms with Crippen molar-refractivity contribution in [1.29, 1.82) is 0 Å². The third kappa shape index (κ3) is 9.05. The lowest BCUT2D eigenvalue weighted by Gasteiger charge is -2.36. The molecule has 3 N–H and O–H groups in total. The van der Waals surface area contributed by atoms with E-state index in [0.29, 0.717) is 50.2 Å². The van der Waals surface area contributed by atoms with Gasteiger partial charge in [0, 0.05) is 105 Å². The molecule has 0 bridgehead atoms. The minimum atomic E-state index is -4.55. The number of rotatable bonds is 13. The van der Waals surface area contributed by atoms with E-state index in [1.165, 1.54) is 18.2 Å². The summed E-state index contributed by atoms with van der Waals surface area (Å²) in [6, 6.07) is 23.7. The van der Waals surface area contributed by atoms with E-state index in [1.807, 2.05) is 66.6 Å². The van der Waals surface area contributed by atoms with E-state index in [4.69, 9.17) is 21.1 Å². The monoisotopic (exact) mass is 838 g/mol. The molecule has 2 saturated heterocycles. The van der Waals surface area contributed by atoms with Crippen molar-refractivity contribution in [1.82, 2.24) is 24.4 Å². The molecular weight excluding hydrogens is 796 g/mol. The Morgan fingerprint density at radius 3 is 2.54 bits per heavy atom. The van der Waals surface area contributed by atoms with E-state index in [0.717, 1.165) is 65.4 Å². The Hall–Kier alpha value is -5.94. The summed E-state index contributed by atoms with van der Waals surface area (Å²) in [4.78, 5) is 32.6. The normalized spacial score (nSPS) is 15.3. The summed E-state index contributed by atoms with van der Waals surface area (Å²) in [5.74, 6) is -0.0802. The van der Waals surface area contributed by atoms with Gasteiger partial charge < -0.3 is 24.7 Å². The second-order valence-corrected chi connectivity index (χ2v) is 16.8. The van der Waals surface area contributed by atoms with E-state index in [9.17, 15) is 23.3 Å². The number of nitrogens with one attached hydrogen (secondary N) is 3. The molecule has 17 heteroatoms. The predicted octanol–water partition coefficient (Wildman–Crippen LogP) is 7.20. The van der Waals surface area contributed by atoms with Crippen molar-refractivity contribution in [2.45, 2.75) is 24.3 Å². The van der Waals surface area contributed by atoms with Crippen LogP contribution in [-0.2, 0) is 28.4 Å². The summed E-state index contributed by atoms with van der Waals surface area (Å²) in [6.45, 7) is 5.30. The highest BCUT2D eigenvalue weighted by atomic mass is 35.5. The Morgan fingerprint density at radius 1 is 1.00 bits per heavy atom. The summed E-state index contributed by atoms with van der Waals surface area (Å²) >= 11 is 6.14. The first-order chi connectivity index (χ1) is 28.5. The van der Waals surface area contributed by atoms with Gasteiger partial charge in [-0.05, 0) is 85.0 Å². The molecule has 59 heavy (non-hydrogen) atoms. The fourth-order valence-corrected chi connectivity index (χ4v) is 8.63. The zero-order valence-corrected chi connectivity index (χ0v) is 33.8.